The molecule has 0 amide bonds. The summed E-state index contributed by atoms with van der Waals surface area (Å²) < 4.78 is 2.07. The van der Waals surface area contributed by atoms with Crippen molar-refractivity contribution >= 4 is 0 Å². The zero-order chi connectivity index (χ0) is 13.7. The molecule has 4 heteroatoms. The van der Waals surface area contributed by atoms with Crippen LogP contribution < -0.4 is 5.32 Å². The summed E-state index contributed by atoms with van der Waals surface area (Å²) in [6, 6.07) is 2.11. The van der Waals surface area contributed by atoms with Crippen LogP contribution in [0.1, 0.15) is 44.7 Å². The molecule has 0 aliphatic heterocycles. The Kier molecular flexibility index (Phi) is 4.99. The molecule has 1 aliphatic rings. The van der Waals surface area contributed by atoms with Crippen LogP contribution in [0.5, 0.6) is 0 Å². The minimum absolute atomic E-state index is 0.356. The molecular weight excluding hydrogens is 236 g/mol. The summed E-state index contributed by atoms with van der Waals surface area (Å²) in [5.74, 6) is 0. The maximum Gasteiger partial charge on any atom is 0.0521 e. The molecule has 108 valence electrons. The molecule has 0 atom stereocenters. The predicted octanol–water partition coefficient (Wildman–Crippen LogP) is 2.26. The number of nitrogens with zero attached hydrogens (tertiary/aromatic N) is 3. The lowest BCUT2D eigenvalue weighted by Crippen LogP contribution is -2.52. The van der Waals surface area contributed by atoms with Crippen LogP contribution in [0, 0.1) is 0 Å². The smallest absolute Gasteiger partial charge is 0.0521 e. The molecule has 0 bridgehead atoms. The van der Waals surface area contributed by atoms with Gasteiger partial charge in [0.05, 0.1) is 5.69 Å². The van der Waals surface area contributed by atoms with Crippen molar-refractivity contribution < 1.29 is 0 Å². The Hall–Kier alpha value is -0.870. The quantitative estimate of drug-likeness (QED) is 0.855. The van der Waals surface area contributed by atoms with Crippen LogP contribution >= 0.6 is 0 Å². The molecule has 0 unspecified atom stereocenters. The van der Waals surface area contributed by atoms with E-state index >= 15 is 0 Å². The number of hydrogen-bond acceptors (Lipinski definition) is 3. The molecule has 0 saturated heterocycles. The van der Waals surface area contributed by atoms with Crippen LogP contribution in [0.3, 0.4) is 0 Å². The van der Waals surface area contributed by atoms with E-state index in [9.17, 15) is 0 Å². The van der Waals surface area contributed by atoms with Crippen LogP contribution in [-0.2, 0) is 13.1 Å². The molecule has 4 nitrogen and oxygen atoms in total. The fraction of sp³-hybridized carbons (Fsp3) is 0.800. The lowest BCUT2D eigenvalue weighted by atomic mass is 9.80. The number of rotatable bonds is 6. The molecule has 0 aromatic carbocycles. The van der Waals surface area contributed by atoms with Crippen LogP contribution in [-0.4, -0.2) is 40.9 Å². The van der Waals surface area contributed by atoms with E-state index in [4.69, 9.17) is 0 Å². The second kappa shape index (κ2) is 6.53. The molecule has 1 aliphatic carbocycles. The monoisotopic (exact) mass is 264 g/mol. The topological polar surface area (TPSA) is 33.1 Å². The number of hydrogen-bond donors (Lipinski definition) is 1. The maximum atomic E-state index is 4.32. The summed E-state index contributed by atoms with van der Waals surface area (Å²) in [6.45, 7) is 5.08. The average molecular weight is 264 g/mol. The second-order valence-electron chi connectivity index (χ2n) is 5.92. The van der Waals surface area contributed by atoms with E-state index in [1.807, 2.05) is 6.20 Å². The number of aryl methyl sites for hydroxylation is 1. The highest BCUT2D eigenvalue weighted by atomic mass is 15.3. The van der Waals surface area contributed by atoms with Crippen LogP contribution in [0.4, 0.5) is 0 Å². The van der Waals surface area contributed by atoms with E-state index in [0.29, 0.717) is 5.54 Å². The fourth-order valence-corrected chi connectivity index (χ4v) is 3.21. The van der Waals surface area contributed by atoms with E-state index in [2.05, 4.69) is 47.1 Å². The van der Waals surface area contributed by atoms with Gasteiger partial charge < -0.3 is 10.2 Å². The van der Waals surface area contributed by atoms with E-state index < -0.39 is 0 Å². The summed E-state index contributed by atoms with van der Waals surface area (Å²) >= 11 is 0. The molecule has 0 spiro atoms. The molecule has 0 radical (unpaired) electrons. The normalized spacial score (nSPS) is 18.9. The van der Waals surface area contributed by atoms with E-state index in [1.54, 1.807) is 0 Å². The summed E-state index contributed by atoms with van der Waals surface area (Å²) in [4.78, 5) is 2.43. The highest BCUT2D eigenvalue weighted by Crippen LogP contribution is 2.31. The van der Waals surface area contributed by atoms with E-state index in [1.165, 1.54) is 37.8 Å². The van der Waals surface area contributed by atoms with Crippen molar-refractivity contribution in [3.8, 4) is 0 Å². The van der Waals surface area contributed by atoms with Gasteiger partial charge in [0.15, 0.2) is 0 Å². The number of aromatic nitrogens is 2. The molecule has 19 heavy (non-hydrogen) atoms. The molecule has 1 saturated carbocycles. The van der Waals surface area contributed by atoms with Crippen LogP contribution in [0.2, 0.25) is 0 Å². The number of likely N-dealkylation sites (N-methyl/N-ethyl adjacent to an activating group) is 1. The van der Waals surface area contributed by atoms with Gasteiger partial charge in [0.2, 0.25) is 0 Å². The SMILES string of the molecule is CCn1nccc1CNCC1(N(C)C)CCCCC1. The van der Waals surface area contributed by atoms with Crippen LogP contribution in [0.15, 0.2) is 12.3 Å². The second-order valence-corrected chi connectivity index (χ2v) is 5.92. The molecule has 1 heterocycles. The first-order chi connectivity index (χ1) is 9.18. The highest BCUT2D eigenvalue weighted by molar-refractivity contribution is 5.01. The summed E-state index contributed by atoms with van der Waals surface area (Å²) in [7, 11) is 4.45. The Morgan fingerprint density at radius 1 is 1.32 bits per heavy atom. The molecule has 1 N–H and O–H groups in total. The van der Waals surface area contributed by atoms with Crippen molar-refractivity contribution in [2.75, 3.05) is 20.6 Å². The lowest BCUT2D eigenvalue weighted by Gasteiger charge is -2.43. The molecule has 1 aromatic rings. The Bertz CT molecular complexity index is 377. The van der Waals surface area contributed by atoms with Crippen LogP contribution in [0.25, 0.3) is 0 Å². The van der Waals surface area contributed by atoms with Crippen molar-refractivity contribution in [3.63, 3.8) is 0 Å². The summed E-state index contributed by atoms with van der Waals surface area (Å²) in [5, 5.41) is 7.97. The Labute approximate surface area is 117 Å². The Balaban J connectivity index is 1.89. The lowest BCUT2D eigenvalue weighted by molar-refractivity contribution is 0.0981. The van der Waals surface area contributed by atoms with Gasteiger partial charge in [-0.05, 0) is 39.9 Å². The van der Waals surface area contributed by atoms with Crippen molar-refractivity contribution in [1.82, 2.24) is 20.0 Å². The van der Waals surface area contributed by atoms with Crippen molar-refractivity contribution in [2.45, 2.75) is 57.7 Å². The predicted molar refractivity (Wildman–Crippen MR) is 79.1 cm³/mol. The fourth-order valence-electron chi connectivity index (χ4n) is 3.21. The van der Waals surface area contributed by atoms with Gasteiger partial charge in [-0.15, -0.1) is 0 Å². The van der Waals surface area contributed by atoms with Crippen molar-refractivity contribution in [2.24, 2.45) is 0 Å². The molecule has 1 fully saturated rings. The Morgan fingerprint density at radius 2 is 2.05 bits per heavy atom. The first-order valence-corrected chi connectivity index (χ1v) is 7.57. The van der Waals surface area contributed by atoms with Gasteiger partial charge in [0.1, 0.15) is 0 Å². The minimum Gasteiger partial charge on any atom is -0.309 e. The average Bonchev–Trinajstić information content (AvgIpc) is 2.87. The number of nitrogens with one attached hydrogen (secondary N) is 1. The van der Waals surface area contributed by atoms with Gasteiger partial charge in [-0.1, -0.05) is 19.3 Å². The van der Waals surface area contributed by atoms with Gasteiger partial charge in [-0.2, -0.15) is 5.10 Å². The third-order valence-electron chi connectivity index (χ3n) is 4.60. The Morgan fingerprint density at radius 3 is 2.68 bits per heavy atom. The first kappa shape index (κ1) is 14.5. The largest absolute Gasteiger partial charge is 0.309 e. The van der Waals surface area contributed by atoms with Gasteiger partial charge in [-0.3, -0.25) is 4.68 Å². The van der Waals surface area contributed by atoms with Crippen molar-refractivity contribution in [1.29, 1.82) is 0 Å². The maximum absolute atomic E-state index is 4.32. The van der Waals surface area contributed by atoms with Gasteiger partial charge in [0, 0.05) is 31.4 Å². The molecular formula is C15H28N4. The zero-order valence-corrected chi connectivity index (χ0v) is 12.7. The standard InChI is InChI=1S/C15H28N4/c1-4-19-14(8-11-17-19)12-16-13-15(18(2)3)9-6-5-7-10-15/h8,11,16H,4-7,9-10,12-13H2,1-3H3. The van der Waals surface area contributed by atoms with Gasteiger partial charge in [-0.25, -0.2) is 0 Å². The van der Waals surface area contributed by atoms with Crippen molar-refractivity contribution in [3.05, 3.63) is 18.0 Å². The highest BCUT2D eigenvalue weighted by Gasteiger charge is 2.33. The summed E-state index contributed by atoms with van der Waals surface area (Å²) in [6.07, 6.45) is 8.67. The first-order valence-electron chi connectivity index (χ1n) is 7.57. The molecule has 2 rings (SSSR count). The third kappa shape index (κ3) is 3.37. The molecule has 1 aromatic heterocycles. The van der Waals surface area contributed by atoms with E-state index in [0.717, 1.165) is 19.6 Å². The zero-order valence-electron chi connectivity index (χ0n) is 12.7. The van der Waals surface area contributed by atoms with E-state index in [-0.39, 0.29) is 0 Å². The summed E-state index contributed by atoms with van der Waals surface area (Å²) in [5.41, 5.74) is 1.64. The van der Waals surface area contributed by atoms with Gasteiger partial charge in [0.25, 0.3) is 0 Å². The third-order valence-corrected chi connectivity index (χ3v) is 4.60. The minimum atomic E-state index is 0.356. The van der Waals surface area contributed by atoms with Gasteiger partial charge >= 0.3 is 0 Å².